The molecular weight excluding hydrogens is 467 g/mol. The van der Waals surface area contributed by atoms with Crippen LogP contribution in [0.3, 0.4) is 0 Å². The summed E-state index contributed by atoms with van der Waals surface area (Å²) in [6, 6.07) is 19.2. The normalized spacial score (nSPS) is 16.0. The Kier molecular flexibility index (Phi) is 5.92. The van der Waals surface area contributed by atoms with Crippen LogP contribution in [-0.4, -0.2) is 17.6 Å². The lowest BCUT2D eigenvalue weighted by Crippen LogP contribution is -2.28. The largest absolute Gasteiger partial charge is 0.322 e. The zero-order chi connectivity index (χ0) is 21.3. The van der Waals surface area contributed by atoms with Crippen molar-refractivity contribution < 1.29 is 14.0 Å². The SMILES string of the molecule is Cc1ccc(F)c(N2C(=O)CSC2c2ccc(NC(=O)c3ccc(Br)cc3)cc2)c1. The van der Waals surface area contributed by atoms with Crippen molar-refractivity contribution in [3.8, 4) is 0 Å². The minimum absolute atomic E-state index is 0.123. The first kappa shape index (κ1) is 20.6. The summed E-state index contributed by atoms with van der Waals surface area (Å²) >= 11 is 4.81. The molecule has 4 nitrogen and oxygen atoms in total. The second-order valence-corrected chi connectivity index (χ2v) is 8.95. The van der Waals surface area contributed by atoms with Crippen molar-refractivity contribution in [2.75, 3.05) is 16.0 Å². The first-order valence-electron chi connectivity index (χ1n) is 9.29. The van der Waals surface area contributed by atoms with Crippen molar-refractivity contribution >= 4 is 50.9 Å². The number of nitrogens with zero attached hydrogens (tertiary/aromatic N) is 1. The van der Waals surface area contributed by atoms with Gasteiger partial charge in [0, 0.05) is 15.7 Å². The fourth-order valence-corrected chi connectivity index (χ4v) is 4.71. The molecule has 1 fully saturated rings. The molecule has 1 N–H and O–H groups in total. The summed E-state index contributed by atoms with van der Waals surface area (Å²) < 4.78 is 15.3. The van der Waals surface area contributed by atoms with Gasteiger partial charge in [0.25, 0.3) is 5.91 Å². The topological polar surface area (TPSA) is 49.4 Å². The molecule has 3 aromatic rings. The monoisotopic (exact) mass is 484 g/mol. The standard InChI is InChI=1S/C23H18BrFN2O2S/c1-14-2-11-19(25)20(12-14)27-21(28)13-30-23(27)16-5-9-18(10-6-16)26-22(29)15-3-7-17(24)8-4-15/h2-12,23H,13H2,1H3,(H,26,29). The molecule has 0 spiro atoms. The summed E-state index contributed by atoms with van der Waals surface area (Å²) in [4.78, 5) is 26.4. The zero-order valence-electron chi connectivity index (χ0n) is 16.1. The number of rotatable bonds is 4. The van der Waals surface area contributed by atoms with Gasteiger partial charge in [0.1, 0.15) is 11.2 Å². The van der Waals surface area contributed by atoms with E-state index in [-0.39, 0.29) is 17.2 Å². The third-order valence-electron chi connectivity index (χ3n) is 4.79. The summed E-state index contributed by atoms with van der Waals surface area (Å²) in [5.41, 5.74) is 3.26. The Morgan fingerprint density at radius 3 is 2.50 bits per heavy atom. The number of thioether (sulfide) groups is 1. The molecule has 1 atom stereocenters. The number of anilines is 2. The smallest absolute Gasteiger partial charge is 0.255 e. The summed E-state index contributed by atoms with van der Waals surface area (Å²) in [5.74, 6) is -0.453. The van der Waals surface area contributed by atoms with Gasteiger partial charge in [0.15, 0.2) is 0 Å². The predicted molar refractivity (Wildman–Crippen MR) is 122 cm³/mol. The Morgan fingerprint density at radius 2 is 1.80 bits per heavy atom. The molecule has 7 heteroatoms. The number of hydrogen-bond donors (Lipinski definition) is 1. The first-order valence-corrected chi connectivity index (χ1v) is 11.1. The second kappa shape index (κ2) is 8.62. The predicted octanol–water partition coefficient (Wildman–Crippen LogP) is 5.93. The Labute approximate surface area is 186 Å². The van der Waals surface area contributed by atoms with Gasteiger partial charge in [0.2, 0.25) is 5.91 Å². The van der Waals surface area contributed by atoms with Crippen LogP contribution in [0.25, 0.3) is 0 Å². The molecule has 152 valence electrons. The highest BCUT2D eigenvalue weighted by Crippen LogP contribution is 2.43. The zero-order valence-corrected chi connectivity index (χ0v) is 18.5. The Hall–Kier alpha value is -2.64. The van der Waals surface area contributed by atoms with Crippen LogP contribution < -0.4 is 10.2 Å². The highest BCUT2D eigenvalue weighted by atomic mass is 79.9. The van der Waals surface area contributed by atoms with Crippen LogP contribution >= 0.6 is 27.7 Å². The lowest BCUT2D eigenvalue weighted by atomic mass is 10.1. The van der Waals surface area contributed by atoms with Gasteiger partial charge < -0.3 is 5.32 Å². The Balaban J connectivity index is 1.54. The van der Waals surface area contributed by atoms with Crippen molar-refractivity contribution in [3.63, 3.8) is 0 Å². The molecular formula is C23H18BrFN2O2S. The van der Waals surface area contributed by atoms with Gasteiger partial charge in [-0.1, -0.05) is 34.1 Å². The van der Waals surface area contributed by atoms with E-state index in [1.165, 1.54) is 22.7 Å². The van der Waals surface area contributed by atoms with Crippen molar-refractivity contribution in [2.45, 2.75) is 12.3 Å². The third kappa shape index (κ3) is 4.27. The molecule has 30 heavy (non-hydrogen) atoms. The molecule has 0 saturated carbocycles. The van der Waals surface area contributed by atoms with E-state index in [4.69, 9.17) is 0 Å². The molecule has 2 amide bonds. The molecule has 3 aromatic carbocycles. The van der Waals surface area contributed by atoms with Gasteiger partial charge >= 0.3 is 0 Å². The van der Waals surface area contributed by atoms with Crippen LogP contribution in [-0.2, 0) is 4.79 Å². The number of carbonyl (C=O) groups excluding carboxylic acids is 2. The van der Waals surface area contributed by atoms with Crippen molar-refractivity contribution in [1.29, 1.82) is 0 Å². The molecule has 0 aromatic heterocycles. The highest BCUT2D eigenvalue weighted by molar-refractivity contribution is 9.10. The molecule has 0 aliphatic carbocycles. The number of amides is 2. The highest BCUT2D eigenvalue weighted by Gasteiger charge is 2.35. The van der Waals surface area contributed by atoms with E-state index in [0.717, 1.165) is 15.6 Å². The minimum Gasteiger partial charge on any atom is -0.322 e. The first-order chi connectivity index (χ1) is 14.4. The van der Waals surface area contributed by atoms with Crippen LogP contribution in [0.2, 0.25) is 0 Å². The minimum atomic E-state index is -0.417. The summed E-state index contributed by atoms with van der Waals surface area (Å²) in [7, 11) is 0. The molecule has 1 saturated heterocycles. The Bertz CT molecular complexity index is 1100. The van der Waals surface area contributed by atoms with E-state index in [0.29, 0.717) is 22.7 Å². The number of carbonyl (C=O) groups is 2. The van der Waals surface area contributed by atoms with E-state index in [2.05, 4.69) is 21.2 Å². The van der Waals surface area contributed by atoms with Crippen LogP contribution in [0.15, 0.2) is 71.2 Å². The van der Waals surface area contributed by atoms with Crippen molar-refractivity contribution in [1.82, 2.24) is 0 Å². The number of benzene rings is 3. The number of aryl methyl sites for hydroxylation is 1. The van der Waals surface area contributed by atoms with Crippen molar-refractivity contribution in [3.05, 3.63) is 93.7 Å². The number of nitrogens with one attached hydrogen (secondary N) is 1. The molecule has 0 radical (unpaired) electrons. The molecule has 1 unspecified atom stereocenters. The fourth-order valence-electron chi connectivity index (χ4n) is 3.27. The molecule has 0 bridgehead atoms. The molecule has 1 heterocycles. The van der Waals surface area contributed by atoms with E-state index >= 15 is 0 Å². The third-order valence-corrected chi connectivity index (χ3v) is 6.53. The fraction of sp³-hybridized carbons (Fsp3) is 0.130. The average molecular weight is 485 g/mol. The van der Waals surface area contributed by atoms with Gasteiger partial charge in [0.05, 0.1) is 11.4 Å². The maximum Gasteiger partial charge on any atom is 0.255 e. The molecule has 1 aliphatic heterocycles. The van der Waals surface area contributed by atoms with Gasteiger partial charge in [-0.3, -0.25) is 14.5 Å². The van der Waals surface area contributed by atoms with Crippen LogP contribution in [0.5, 0.6) is 0 Å². The van der Waals surface area contributed by atoms with Crippen molar-refractivity contribution in [2.24, 2.45) is 0 Å². The van der Waals surface area contributed by atoms with E-state index in [1.807, 2.05) is 31.2 Å². The maximum absolute atomic E-state index is 14.4. The average Bonchev–Trinajstić information content (AvgIpc) is 3.12. The molecule has 1 aliphatic rings. The van der Waals surface area contributed by atoms with E-state index in [1.54, 1.807) is 36.4 Å². The van der Waals surface area contributed by atoms with Crippen LogP contribution in [0.1, 0.15) is 26.9 Å². The Morgan fingerprint density at radius 1 is 1.10 bits per heavy atom. The lowest BCUT2D eigenvalue weighted by Gasteiger charge is -2.25. The van der Waals surface area contributed by atoms with E-state index < -0.39 is 5.82 Å². The van der Waals surface area contributed by atoms with Gasteiger partial charge in [-0.15, -0.1) is 11.8 Å². The van der Waals surface area contributed by atoms with Crippen LogP contribution in [0.4, 0.5) is 15.8 Å². The van der Waals surface area contributed by atoms with Gasteiger partial charge in [-0.25, -0.2) is 4.39 Å². The quantitative estimate of drug-likeness (QED) is 0.499. The lowest BCUT2D eigenvalue weighted by molar-refractivity contribution is -0.115. The summed E-state index contributed by atoms with van der Waals surface area (Å²) in [6.07, 6.45) is 0. The summed E-state index contributed by atoms with van der Waals surface area (Å²) in [6.45, 7) is 1.87. The van der Waals surface area contributed by atoms with E-state index in [9.17, 15) is 14.0 Å². The van der Waals surface area contributed by atoms with Gasteiger partial charge in [-0.05, 0) is 66.6 Å². The number of hydrogen-bond acceptors (Lipinski definition) is 3. The summed E-state index contributed by atoms with van der Waals surface area (Å²) in [5, 5.41) is 2.55. The number of halogens is 2. The van der Waals surface area contributed by atoms with Gasteiger partial charge in [-0.2, -0.15) is 0 Å². The maximum atomic E-state index is 14.4. The molecule has 4 rings (SSSR count). The second-order valence-electron chi connectivity index (χ2n) is 6.96. The van der Waals surface area contributed by atoms with Crippen LogP contribution in [0, 0.1) is 12.7 Å².